The van der Waals surface area contributed by atoms with E-state index in [-0.39, 0.29) is 17.1 Å². The predicted octanol–water partition coefficient (Wildman–Crippen LogP) is 2.19. The van der Waals surface area contributed by atoms with Crippen LogP contribution in [0.3, 0.4) is 0 Å². The first-order valence-electron chi connectivity index (χ1n) is 9.20. The number of esters is 1. The standard InChI is InChI=1S/C22H25NO7/c1-14(24)17(10-15-8-6-5-7-9-15)23-21(25)13-30-22(26)16-11-19(28-3)20(29-4)12-18(16)27-2/h5-9,11-12,17H,10,13H2,1-4H3,(H,23,25)/t17-/m1/s1. The van der Waals surface area contributed by atoms with Gasteiger partial charge in [0.2, 0.25) is 0 Å². The molecule has 0 bridgehead atoms. The van der Waals surface area contributed by atoms with E-state index in [1.54, 1.807) is 0 Å². The van der Waals surface area contributed by atoms with Gasteiger partial charge >= 0.3 is 5.97 Å². The molecule has 0 unspecified atom stereocenters. The first kappa shape index (κ1) is 22.7. The zero-order valence-electron chi connectivity index (χ0n) is 17.4. The molecule has 0 aliphatic carbocycles. The molecule has 0 radical (unpaired) electrons. The van der Waals surface area contributed by atoms with Crippen LogP contribution in [-0.4, -0.2) is 51.6 Å². The van der Waals surface area contributed by atoms with Crippen LogP contribution in [0.25, 0.3) is 0 Å². The van der Waals surface area contributed by atoms with E-state index in [1.807, 2.05) is 30.3 Å². The Morgan fingerprint density at radius 2 is 1.50 bits per heavy atom. The quantitative estimate of drug-likeness (QED) is 0.594. The summed E-state index contributed by atoms with van der Waals surface area (Å²) in [6.45, 7) is 0.850. The molecule has 0 aromatic heterocycles. The van der Waals surface area contributed by atoms with Crippen molar-refractivity contribution in [1.29, 1.82) is 0 Å². The van der Waals surface area contributed by atoms with E-state index in [9.17, 15) is 14.4 Å². The summed E-state index contributed by atoms with van der Waals surface area (Å²) in [6, 6.07) is 11.5. The highest BCUT2D eigenvalue weighted by Crippen LogP contribution is 2.34. The van der Waals surface area contributed by atoms with Gasteiger partial charge in [-0.2, -0.15) is 0 Å². The summed E-state index contributed by atoms with van der Waals surface area (Å²) >= 11 is 0. The fourth-order valence-electron chi connectivity index (χ4n) is 2.78. The average Bonchev–Trinajstić information content (AvgIpc) is 2.76. The normalized spacial score (nSPS) is 11.2. The van der Waals surface area contributed by atoms with E-state index in [2.05, 4.69) is 5.32 Å². The Kier molecular flexibility index (Phi) is 8.22. The van der Waals surface area contributed by atoms with Crippen molar-refractivity contribution in [1.82, 2.24) is 5.32 Å². The average molecular weight is 415 g/mol. The molecule has 1 N–H and O–H groups in total. The van der Waals surface area contributed by atoms with Crippen LogP contribution in [0.2, 0.25) is 0 Å². The summed E-state index contributed by atoms with van der Waals surface area (Å²) in [5, 5.41) is 2.60. The minimum Gasteiger partial charge on any atom is -0.496 e. The lowest BCUT2D eigenvalue weighted by molar-refractivity contribution is -0.128. The number of Topliss-reactive ketones (excluding diaryl/α,β-unsaturated/α-hetero) is 1. The smallest absolute Gasteiger partial charge is 0.342 e. The van der Waals surface area contributed by atoms with Crippen LogP contribution in [-0.2, 0) is 20.7 Å². The third-order valence-corrected chi connectivity index (χ3v) is 4.37. The topological polar surface area (TPSA) is 100 Å². The van der Waals surface area contributed by atoms with Crippen LogP contribution in [0.15, 0.2) is 42.5 Å². The highest BCUT2D eigenvalue weighted by molar-refractivity contribution is 5.95. The number of ketones is 1. The van der Waals surface area contributed by atoms with E-state index in [4.69, 9.17) is 18.9 Å². The highest BCUT2D eigenvalue weighted by atomic mass is 16.5. The molecule has 0 spiro atoms. The summed E-state index contributed by atoms with van der Waals surface area (Å²) in [7, 11) is 4.29. The van der Waals surface area contributed by atoms with E-state index < -0.39 is 24.5 Å². The van der Waals surface area contributed by atoms with Gasteiger partial charge in [-0.3, -0.25) is 9.59 Å². The zero-order chi connectivity index (χ0) is 22.1. The second-order valence-corrected chi connectivity index (χ2v) is 6.40. The molecule has 1 amide bonds. The van der Waals surface area contributed by atoms with Crippen LogP contribution in [0.4, 0.5) is 0 Å². The summed E-state index contributed by atoms with van der Waals surface area (Å²) < 4.78 is 20.6. The van der Waals surface area contributed by atoms with Crippen molar-refractivity contribution < 1.29 is 33.3 Å². The molecular formula is C22H25NO7. The van der Waals surface area contributed by atoms with Gasteiger partial charge in [-0.25, -0.2) is 4.79 Å². The van der Waals surface area contributed by atoms with Crippen molar-refractivity contribution in [2.24, 2.45) is 0 Å². The molecule has 2 rings (SSSR count). The van der Waals surface area contributed by atoms with Crippen LogP contribution < -0.4 is 19.5 Å². The minimum atomic E-state index is -0.773. The van der Waals surface area contributed by atoms with Gasteiger partial charge in [0, 0.05) is 12.1 Å². The molecule has 0 heterocycles. The van der Waals surface area contributed by atoms with Crippen molar-refractivity contribution in [2.45, 2.75) is 19.4 Å². The van der Waals surface area contributed by atoms with Gasteiger partial charge in [-0.15, -0.1) is 0 Å². The molecule has 0 saturated heterocycles. The molecule has 0 fully saturated rings. The number of amides is 1. The Hall–Kier alpha value is -3.55. The summed E-state index contributed by atoms with van der Waals surface area (Å²) in [5.74, 6) is -0.642. The highest BCUT2D eigenvalue weighted by Gasteiger charge is 2.22. The van der Waals surface area contributed by atoms with E-state index in [0.29, 0.717) is 17.9 Å². The molecular weight excluding hydrogens is 390 g/mol. The molecule has 8 heteroatoms. The van der Waals surface area contributed by atoms with Crippen molar-refractivity contribution in [2.75, 3.05) is 27.9 Å². The van der Waals surface area contributed by atoms with E-state index >= 15 is 0 Å². The van der Waals surface area contributed by atoms with Gasteiger partial charge in [0.25, 0.3) is 5.91 Å². The molecule has 8 nitrogen and oxygen atoms in total. The van der Waals surface area contributed by atoms with Gasteiger partial charge in [-0.05, 0) is 18.9 Å². The molecule has 0 aliphatic heterocycles. The molecule has 2 aromatic rings. The second-order valence-electron chi connectivity index (χ2n) is 6.40. The monoisotopic (exact) mass is 415 g/mol. The zero-order valence-corrected chi connectivity index (χ0v) is 17.4. The number of carbonyl (C=O) groups is 3. The Morgan fingerprint density at radius 1 is 0.900 bits per heavy atom. The van der Waals surface area contributed by atoms with Gasteiger partial charge < -0.3 is 24.3 Å². The number of carbonyl (C=O) groups excluding carboxylic acids is 3. The Balaban J connectivity index is 2.02. The van der Waals surface area contributed by atoms with Crippen LogP contribution in [0.1, 0.15) is 22.8 Å². The molecule has 1 atom stereocenters. The Labute approximate surface area is 175 Å². The van der Waals surface area contributed by atoms with E-state index in [1.165, 1.54) is 40.4 Å². The largest absolute Gasteiger partial charge is 0.496 e. The summed E-state index contributed by atoms with van der Waals surface area (Å²) in [6.07, 6.45) is 0.347. The fourth-order valence-corrected chi connectivity index (χ4v) is 2.78. The van der Waals surface area contributed by atoms with Gasteiger partial charge in [0.1, 0.15) is 11.3 Å². The third kappa shape index (κ3) is 5.97. The first-order valence-corrected chi connectivity index (χ1v) is 9.20. The predicted molar refractivity (Wildman–Crippen MR) is 109 cm³/mol. The maximum atomic E-state index is 12.5. The van der Waals surface area contributed by atoms with Gasteiger partial charge in [0.05, 0.1) is 27.4 Å². The van der Waals surface area contributed by atoms with Gasteiger partial charge in [-0.1, -0.05) is 30.3 Å². The molecule has 2 aromatic carbocycles. The molecule has 0 saturated carbocycles. The number of ether oxygens (including phenoxy) is 4. The fraction of sp³-hybridized carbons (Fsp3) is 0.318. The summed E-state index contributed by atoms with van der Waals surface area (Å²) in [5.41, 5.74) is 0.986. The number of methoxy groups -OCH3 is 3. The number of hydrogen-bond acceptors (Lipinski definition) is 7. The van der Waals surface area contributed by atoms with Crippen LogP contribution in [0.5, 0.6) is 17.2 Å². The molecule has 0 aliphatic rings. The second kappa shape index (κ2) is 10.8. The third-order valence-electron chi connectivity index (χ3n) is 4.37. The minimum absolute atomic E-state index is 0.0790. The lowest BCUT2D eigenvalue weighted by atomic mass is 10.0. The number of hydrogen-bond donors (Lipinski definition) is 1. The number of rotatable bonds is 10. The van der Waals surface area contributed by atoms with Crippen molar-refractivity contribution in [3.05, 3.63) is 53.6 Å². The van der Waals surface area contributed by atoms with Crippen molar-refractivity contribution >= 4 is 17.7 Å². The first-order chi connectivity index (χ1) is 14.4. The Morgan fingerprint density at radius 3 is 2.07 bits per heavy atom. The Bertz CT molecular complexity index is 896. The number of benzene rings is 2. The van der Waals surface area contributed by atoms with Gasteiger partial charge in [0.15, 0.2) is 23.9 Å². The van der Waals surface area contributed by atoms with E-state index in [0.717, 1.165) is 5.56 Å². The van der Waals surface area contributed by atoms with Crippen molar-refractivity contribution in [3.8, 4) is 17.2 Å². The van der Waals surface area contributed by atoms with Crippen molar-refractivity contribution in [3.63, 3.8) is 0 Å². The van der Waals surface area contributed by atoms with Crippen LogP contribution in [0, 0.1) is 0 Å². The molecule has 30 heavy (non-hydrogen) atoms. The lowest BCUT2D eigenvalue weighted by Gasteiger charge is -2.17. The lowest BCUT2D eigenvalue weighted by Crippen LogP contribution is -2.43. The molecule has 160 valence electrons. The number of nitrogens with one attached hydrogen (secondary N) is 1. The maximum absolute atomic E-state index is 12.5. The van der Waals surface area contributed by atoms with Crippen LogP contribution >= 0.6 is 0 Å². The maximum Gasteiger partial charge on any atom is 0.342 e. The SMILES string of the molecule is COc1cc(OC)c(C(=O)OCC(=O)N[C@H](Cc2ccccc2)C(C)=O)cc1OC. The summed E-state index contributed by atoms with van der Waals surface area (Å²) in [4.78, 5) is 36.6.